The molecule has 0 atom stereocenters. The van der Waals surface area contributed by atoms with Gasteiger partial charge in [-0.1, -0.05) is 42.3 Å². The second kappa shape index (κ2) is 10.5. The zero-order valence-electron chi connectivity index (χ0n) is 19.4. The summed E-state index contributed by atoms with van der Waals surface area (Å²) in [5, 5.41) is 17.1. The molecule has 1 aliphatic rings. The molecule has 5 rings (SSSR count). The smallest absolute Gasteiger partial charge is 0.103 e. The van der Waals surface area contributed by atoms with Gasteiger partial charge in [0.05, 0.1) is 27.5 Å². The number of likely N-dealkylation sites (N-methyl/N-ethyl adjacent to an activating group) is 1. The maximum atomic E-state index is 9.68. The van der Waals surface area contributed by atoms with Gasteiger partial charge in [0, 0.05) is 54.2 Å². The Balaban J connectivity index is 1.40. The van der Waals surface area contributed by atoms with E-state index in [0.717, 1.165) is 55.7 Å². The van der Waals surface area contributed by atoms with Crippen molar-refractivity contribution in [2.75, 3.05) is 38.0 Å². The average Bonchev–Trinajstić information content (AvgIpc) is 3.34. The van der Waals surface area contributed by atoms with Crippen molar-refractivity contribution in [1.82, 2.24) is 14.8 Å². The minimum atomic E-state index is 0.456. The lowest BCUT2D eigenvalue weighted by Gasteiger charge is -2.33. The second-order valence-corrected chi connectivity index (χ2v) is 10.5. The molecule has 0 saturated carbocycles. The number of hydrogen-bond acceptors (Lipinski definition) is 6. The molecule has 0 amide bonds. The Morgan fingerprint density at radius 2 is 1.83 bits per heavy atom. The number of benzene rings is 2. The normalized spacial score (nSPS) is 14.8. The van der Waals surface area contributed by atoms with Crippen molar-refractivity contribution in [2.24, 2.45) is 0 Å². The maximum Gasteiger partial charge on any atom is 0.103 e. The first-order valence-electron chi connectivity index (χ1n) is 11.6. The van der Waals surface area contributed by atoms with Crippen LogP contribution in [0, 0.1) is 11.3 Å². The highest BCUT2D eigenvalue weighted by Crippen LogP contribution is 2.35. The highest BCUT2D eigenvalue weighted by Gasteiger charge is 2.17. The first-order chi connectivity index (χ1) is 17.0. The lowest BCUT2D eigenvalue weighted by Crippen LogP contribution is -2.45. The Morgan fingerprint density at radius 1 is 1.03 bits per heavy atom. The molecule has 1 aliphatic heterocycles. The Hall–Kier alpha value is -2.66. The van der Waals surface area contributed by atoms with E-state index in [9.17, 15) is 5.26 Å². The molecule has 35 heavy (non-hydrogen) atoms. The second-order valence-electron chi connectivity index (χ2n) is 8.65. The van der Waals surface area contributed by atoms with Crippen LogP contribution in [0.1, 0.15) is 17.4 Å². The molecule has 0 unspecified atom stereocenters. The summed E-state index contributed by atoms with van der Waals surface area (Å²) in [6.45, 7) is 8.89. The Labute approximate surface area is 219 Å². The van der Waals surface area contributed by atoms with Crippen LogP contribution in [0.2, 0.25) is 10.0 Å². The van der Waals surface area contributed by atoms with Crippen LogP contribution in [0.15, 0.2) is 54.0 Å². The molecule has 8 heteroatoms. The van der Waals surface area contributed by atoms with E-state index in [0.29, 0.717) is 27.0 Å². The number of aromatic nitrogens is 1. The van der Waals surface area contributed by atoms with Crippen LogP contribution in [0.3, 0.4) is 0 Å². The van der Waals surface area contributed by atoms with Gasteiger partial charge in [0.1, 0.15) is 6.07 Å². The molecule has 0 aliphatic carbocycles. The number of nitrogens with one attached hydrogen (secondary N) is 1. The number of rotatable bonds is 6. The average molecular weight is 523 g/mol. The largest absolute Gasteiger partial charge is 0.353 e. The molecule has 5 nitrogen and oxygen atoms in total. The van der Waals surface area contributed by atoms with Crippen molar-refractivity contribution in [2.45, 2.75) is 13.5 Å². The van der Waals surface area contributed by atoms with Crippen LogP contribution in [-0.2, 0) is 6.54 Å². The summed E-state index contributed by atoms with van der Waals surface area (Å²) in [5.41, 5.74) is 4.95. The predicted octanol–water partition coefficient (Wildman–Crippen LogP) is 7.02. The van der Waals surface area contributed by atoms with Gasteiger partial charge in [0.2, 0.25) is 0 Å². The monoisotopic (exact) mass is 521 g/mol. The zero-order valence-corrected chi connectivity index (χ0v) is 21.7. The van der Waals surface area contributed by atoms with Crippen LogP contribution >= 0.6 is 34.5 Å². The van der Waals surface area contributed by atoms with Gasteiger partial charge in [0.15, 0.2) is 0 Å². The number of nitrogens with zero attached hydrogens (tertiary/aromatic N) is 4. The molecule has 4 aromatic rings. The molecule has 1 saturated heterocycles. The number of piperazine rings is 1. The quantitative estimate of drug-likeness (QED) is 0.295. The summed E-state index contributed by atoms with van der Waals surface area (Å²) in [6.07, 6.45) is 1.60. The van der Waals surface area contributed by atoms with Crippen molar-refractivity contribution in [3.63, 3.8) is 0 Å². The third-order valence-corrected chi connectivity index (χ3v) is 7.93. The van der Waals surface area contributed by atoms with E-state index < -0.39 is 0 Å². The topological polar surface area (TPSA) is 55.2 Å². The van der Waals surface area contributed by atoms with Crippen LogP contribution in [-0.4, -0.2) is 47.5 Å². The summed E-state index contributed by atoms with van der Waals surface area (Å²) >= 11 is 14.2. The SMILES string of the molecule is CCN1CCN(Cc2cc(-c3ccc4c(Nc5ccc(Cl)cc5Cl)c(C#N)cnc4c3)cs2)CC1. The van der Waals surface area contributed by atoms with Gasteiger partial charge in [-0.15, -0.1) is 11.3 Å². The van der Waals surface area contributed by atoms with E-state index in [2.05, 4.69) is 56.7 Å². The molecular formula is C27H25Cl2N5S. The first-order valence-corrected chi connectivity index (χ1v) is 13.2. The molecule has 1 fully saturated rings. The Morgan fingerprint density at radius 3 is 2.57 bits per heavy atom. The predicted molar refractivity (Wildman–Crippen MR) is 147 cm³/mol. The van der Waals surface area contributed by atoms with Crippen LogP contribution in [0.5, 0.6) is 0 Å². The van der Waals surface area contributed by atoms with Crippen molar-refractivity contribution in [3.05, 3.63) is 74.5 Å². The summed E-state index contributed by atoms with van der Waals surface area (Å²) in [4.78, 5) is 11.0. The third-order valence-electron chi connectivity index (χ3n) is 6.46. The summed E-state index contributed by atoms with van der Waals surface area (Å²) < 4.78 is 0. The van der Waals surface area contributed by atoms with Crippen molar-refractivity contribution < 1.29 is 0 Å². The minimum absolute atomic E-state index is 0.456. The molecule has 2 aromatic heterocycles. The first kappa shape index (κ1) is 24.1. The van der Waals surface area contributed by atoms with E-state index in [4.69, 9.17) is 23.2 Å². The lowest BCUT2D eigenvalue weighted by molar-refractivity contribution is 0.133. The molecule has 3 heterocycles. The molecule has 178 valence electrons. The standard InChI is InChI=1S/C27H25Cl2N5S/c1-2-33-7-9-34(10-8-33)16-22-11-19(17-35-22)18-3-5-23-26(12-18)31-15-20(14-30)27(23)32-25-6-4-21(28)13-24(25)29/h3-6,11-13,15,17H,2,7-10,16H2,1H3,(H,31,32). The number of hydrogen-bond donors (Lipinski definition) is 1. The number of pyridine rings is 1. The number of anilines is 2. The summed E-state index contributed by atoms with van der Waals surface area (Å²) in [5.74, 6) is 0. The maximum absolute atomic E-state index is 9.68. The minimum Gasteiger partial charge on any atom is -0.353 e. The molecular weight excluding hydrogens is 497 g/mol. The summed E-state index contributed by atoms with van der Waals surface area (Å²) in [6, 6.07) is 16.0. The number of fused-ring (bicyclic) bond motifs is 1. The molecule has 0 radical (unpaired) electrons. The van der Waals surface area contributed by atoms with Crippen LogP contribution < -0.4 is 5.32 Å². The number of thiophene rings is 1. The Kier molecular flexibility index (Phi) is 7.24. The number of halogens is 2. The third kappa shape index (κ3) is 5.30. The van der Waals surface area contributed by atoms with Crippen LogP contribution in [0.4, 0.5) is 11.4 Å². The Bertz CT molecular complexity index is 1400. The lowest BCUT2D eigenvalue weighted by atomic mass is 10.0. The highest BCUT2D eigenvalue weighted by atomic mass is 35.5. The van der Waals surface area contributed by atoms with E-state index in [1.165, 1.54) is 10.4 Å². The fourth-order valence-electron chi connectivity index (χ4n) is 4.42. The number of nitriles is 1. The van der Waals surface area contributed by atoms with Gasteiger partial charge < -0.3 is 10.2 Å². The highest BCUT2D eigenvalue weighted by molar-refractivity contribution is 7.10. The molecule has 0 bridgehead atoms. The van der Waals surface area contributed by atoms with E-state index in [-0.39, 0.29) is 0 Å². The van der Waals surface area contributed by atoms with Crippen LogP contribution in [0.25, 0.3) is 22.0 Å². The van der Waals surface area contributed by atoms with Crippen molar-refractivity contribution >= 4 is 56.8 Å². The zero-order chi connectivity index (χ0) is 24.4. The molecule has 2 aromatic carbocycles. The van der Waals surface area contributed by atoms with Gasteiger partial charge in [-0.25, -0.2) is 0 Å². The van der Waals surface area contributed by atoms with E-state index in [1.807, 2.05) is 17.4 Å². The van der Waals surface area contributed by atoms with Gasteiger partial charge >= 0.3 is 0 Å². The van der Waals surface area contributed by atoms with Gasteiger partial charge in [-0.05, 0) is 53.4 Å². The fourth-order valence-corrected chi connectivity index (χ4v) is 5.81. The van der Waals surface area contributed by atoms with Gasteiger partial charge in [0.25, 0.3) is 0 Å². The molecule has 0 spiro atoms. The van der Waals surface area contributed by atoms with Crippen molar-refractivity contribution in [3.8, 4) is 17.2 Å². The van der Waals surface area contributed by atoms with E-state index in [1.54, 1.807) is 24.4 Å². The van der Waals surface area contributed by atoms with E-state index >= 15 is 0 Å². The fraction of sp³-hybridized carbons (Fsp3) is 0.259. The van der Waals surface area contributed by atoms with Gasteiger partial charge in [-0.2, -0.15) is 5.26 Å². The van der Waals surface area contributed by atoms with Crippen molar-refractivity contribution in [1.29, 1.82) is 5.26 Å². The summed E-state index contributed by atoms with van der Waals surface area (Å²) in [7, 11) is 0. The molecule has 1 N–H and O–H groups in total. The van der Waals surface area contributed by atoms with Gasteiger partial charge in [-0.3, -0.25) is 9.88 Å².